The van der Waals surface area contributed by atoms with Crippen molar-refractivity contribution in [3.8, 4) is 55.6 Å². The fourth-order valence-electron chi connectivity index (χ4n) is 7.96. The van der Waals surface area contributed by atoms with E-state index in [-0.39, 0.29) is 0 Å². The van der Waals surface area contributed by atoms with Gasteiger partial charge in [-0.1, -0.05) is 146 Å². The zero-order valence-electron chi connectivity index (χ0n) is 25.2. The van der Waals surface area contributed by atoms with Gasteiger partial charge in [0.2, 0.25) is 0 Å². The molecule has 0 atom stereocenters. The van der Waals surface area contributed by atoms with E-state index in [1.54, 1.807) is 0 Å². The highest BCUT2D eigenvalue weighted by Gasteiger charge is 2.26. The third-order valence-electron chi connectivity index (χ3n) is 9.95. The first kappa shape index (κ1) is 25.4. The highest BCUT2D eigenvalue weighted by atomic mass is 14.3. The van der Waals surface area contributed by atoms with E-state index in [0.29, 0.717) is 0 Å². The standard InChI is InChI=1S/C46H28/c1-4-13-29(14-5-1)32-23-24-37-40(25-32)45(31-17-8-3-9-18-31)43-28-39-38(27-42(43)44(37)30-15-6-2-7-16-30)36-22-12-21-35-34-20-11-10-19-33(34)26-41(39)46(35)36/h1-28H. The molecule has 0 aromatic heterocycles. The van der Waals surface area contributed by atoms with Crippen LogP contribution in [0, 0.1) is 0 Å². The van der Waals surface area contributed by atoms with Gasteiger partial charge in [0.15, 0.2) is 0 Å². The van der Waals surface area contributed by atoms with E-state index in [2.05, 4.69) is 170 Å². The lowest BCUT2D eigenvalue weighted by atomic mass is 9.83. The lowest BCUT2D eigenvalue weighted by Gasteiger charge is -2.20. The van der Waals surface area contributed by atoms with Crippen molar-refractivity contribution in [3.05, 3.63) is 170 Å². The third-order valence-corrected chi connectivity index (χ3v) is 9.95. The first-order valence-electron chi connectivity index (χ1n) is 16.0. The lowest BCUT2D eigenvalue weighted by Crippen LogP contribution is -1.93. The minimum atomic E-state index is 1.23. The van der Waals surface area contributed by atoms with Gasteiger partial charge in [0.1, 0.15) is 0 Å². The molecule has 46 heavy (non-hydrogen) atoms. The average Bonchev–Trinajstić information content (AvgIpc) is 3.43. The van der Waals surface area contributed by atoms with Crippen molar-refractivity contribution < 1.29 is 0 Å². The SMILES string of the molecule is c1ccc(-c2ccc3c(-c4ccccc4)c4cc5c(cc4c(-c4ccccc4)c3c2)-c2cc3ccccc3c3cccc-5c23)cc1. The molecular formula is C46H28. The van der Waals surface area contributed by atoms with Gasteiger partial charge in [-0.15, -0.1) is 0 Å². The summed E-state index contributed by atoms with van der Waals surface area (Å²) in [6.07, 6.45) is 0. The predicted octanol–water partition coefficient (Wildman–Crippen LogP) is 12.9. The third kappa shape index (κ3) is 3.62. The van der Waals surface area contributed by atoms with Crippen molar-refractivity contribution in [2.45, 2.75) is 0 Å². The molecule has 0 aliphatic heterocycles. The summed E-state index contributed by atoms with van der Waals surface area (Å²) in [6.45, 7) is 0. The van der Waals surface area contributed by atoms with Gasteiger partial charge in [0.05, 0.1) is 0 Å². The minimum absolute atomic E-state index is 1.23. The highest BCUT2D eigenvalue weighted by molar-refractivity contribution is 6.28. The Morgan fingerprint density at radius 1 is 0.239 bits per heavy atom. The number of hydrogen-bond acceptors (Lipinski definition) is 0. The summed E-state index contributed by atoms with van der Waals surface area (Å²) in [7, 11) is 0. The molecule has 0 saturated heterocycles. The van der Waals surface area contributed by atoms with Crippen LogP contribution in [0.4, 0.5) is 0 Å². The molecule has 10 rings (SSSR count). The molecule has 0 unspecified atom stereocenters. The number of fused-ring (bicyclic) bond motifs is 7. The fourth-order valence-corrected chi connectivity index (χ4v) is 7.96. The molecule has 0 bridgehead atoms. The molecule has 9 aromatic carbocycles. The average molecular weight is 581 g/mol. The predicted molar refractivity (Wildman–Crippen MR) is 197 cm³/mol. The van der Waals surface area contributed by atoms with Crippen LogP contribution in [-0.4, -0.2) is 0 Å². The molecule has 1 aliphatic carbocycles. The zero-order chi connectivity index (χ0) is 30.2. The minimum Gasteiger partial charge on any atom is -0.0622 e. The Labute approximate surface area is 267 Å². The van der Waals surface area contributed by atoms with Crippen LogP contribution >= 0.6 is 0 Å². The summed E-state index contributed by atoms with van der Waals surface area (Å²) >= 11 is 0. The van der Waals surface area contributed by atoms with E-state index >= 15 is 0 Å². The molecule has 0 radical (unpaired) electrons. The van der Waals surface area contributed by atoms with Gasteiger partial charge in [0, 0.05) is 0 Å². The molecule has 0 saturated carbocycles. The summed E-state index contributed by atoms with van der Waals surface area (Å²) in [5.74, 6) is 0. The largest absolute Gasteiger partial charge is 0.0622 e. The van der Waals surface area contributed by atoms with Gasteiger partial charge >= 0.3 is 0 Å². The van der Waals surface area contributed by atoms with E-state index in [4.69, 9.17) is 0 Å². The summed E-state index contributed by atoms with van der Waals surface area (Å²) in [4.78, 5) is 0. The van der Waals surface area contributed by atoms with Crippen LogP contribution in [0.25, 0.3) is 98.7 Å². The van der Waals surface area contributed by atoms with Crippen LogP contribution in [0.15, 0.2) is 170 Å². The fraction of sp³-hybridized carbons (Fsp3) is 0. The van der Waals surface area contributed by atoms with Crippen LogP contribution in [0.3, 0.4) is 0 Å². The van der Waals surface area contributed by atoms with Gasteiger partial charge in [-0.3, -0.25) is 0 Å². The molecule has 0 nitrogen and oxygen atoms in total. The summed E-state index contributed by atoms with van der Waals surface area (Å²) in [6, 6.07) is 62.8. The Bertz CT molecular complexity index is 2650. The Morgan fingerprint density at radius 2 is 0.783 bits per heavy atom. The number of rotatable bonds is 3. The second kappa shape index (κ2) is 9.76. The van der Waals surface area contributed by atoms with Crippen molar-refractivity contribution in [2.24, 2.45) is 0 Å². The van der Waals surface area contributed by atoms with Crippen LogP contribution in [0.1, 0.15) is 0 Å². The second-order valence-corrected chi connectivity index (χ2v) is 12.4. The molecule has 1 aliphatic rings. The topological polar surface area (TPSA) is 0 Å². The first-order chi connectivity index (χ1) is 22.8. The molecule has 0 N–H and O–H groups in total. The van der Waals surface area contributed by atoms with Gasteiger partial charge < -0.3 is 0 Å². The molecule has 0 amide bonds. The molecule has 0 spiro atoms. The van der Waals surface area contributed by atoms with Crippen LogP contribution < -0.4 is 0 Å². The monoisotopic (exact) mass is 580 g/mol. The molecule has 0 heterocycles. The number of hydrogen-bond donors (Lipinski definition) is 0. The second-order valence-electron chi connectivity index (χ2n) is 12.4. The maximum absolute atomic E-state index is 2.50. The summed E-state index contributed by atoms with van der Waals surface area (Å²) in [5, 5.41) is 10.4. The van der Waals surface area contributed by atoms with Crippen LogP contribution in [-0.2, 0) is 0 Å². The maximum Gasteiger partial charge on any atom is -0.00199 e. The van der Waals surface area contributed by atoms with Gasteiger partial charge in [-0.2, -0.15) is 0 Å². The molecule has 212 valence electrons. The van der Waals surface area contributed by atoms with E-state index in [1.807, 2.05) is 0 Å². The lowest BCUT2D eigenvalue weighted by molar-refractivity contribution is 1.63. The number of benzene rings is 9. The van der Waals surface area contributed by atoms with E-state index < -0.39 is 0 Å². The normalized spacial score (nSPS) is 11.9. The van der Waals surface area contributed by atoms with E-state index in [9.17, 15) is 0 Å². The van der Waals surface area contributed by atoms with Crippen LogP contribution in [0.5, 0.6) is 0 Å². The molecule has 0 heteroatoms. The van der Waals surface area contributed by atoms with Crippen molar-refractivity contribution in [3.63, 3.8) is 0 Å². The van der Waals surface area contributed by atoms with Crippen molar-refractivity contribution in [2.75, 3.05) is 0 Å². The van der Waals surface area contributed by atoms with E-state index in [0.717, 1.165) is 0 Å². The highest BCUT2D eigenvalue weighted by Crippen LogP contribution is 2.53. The molecule has 0 fully saturated rings. The van der Waals surface area contributed by atoms with Crippen molar-refractivity contribution in [1.29, 1.82) is 0 Å². The summed E-state index contributed by atoms with van der Waals surface area (Å²) < 4.78 is 0. The van der Waals surface area contributed by atoms with E-state index in [1.165, 1.54) is 98.7 Å². The quantitative estimate of drug-likeness (QED) is 0.144. The Balaban J connectivity index is 1.40. The van der Waals surface area contributed by atoms with Gasteiger partial charge in [0.25, 0.3) is 0 Å². The smallest absolute Gasteiger partial charge is 0.00199 e. The van der Waals surface area contributed by atoms with Gasteiger partial charge in [-0.25, -0.2) is 0 Å². The Hall–Kier alpha value is -5.98. The maximum atomic E-state index is 2.50. The zero-order valence-corrected chi connectivity index (χ0v) is 25.2. The molecular weight excluding hydrogens is 553 g/mol. The van der Waals surface area contributed by atoms with Gasteiger partial charge in [-0.05, 0) is 123 Å². The van der Waals surface area contributed by atoms with Crippen LogP contribution in [0.2, 0.25) is 0 Å². The molecule has 9 aromatic rings. The van der Waals surface area contributed by atoms with Crippen molar-refractivity contribution >= 4 is 43.1 Å². The summed E-state index contributed by atoms with van der Waals surface area (Å²) in [5.41, 5.74) is 12.8. The van der Waals surface area contributed by atoms with Crippen molar-refractivity contribution in [1.82, 2.24) is 0 Å². The Morgan fingerprint density at radius 3 is 1.48 bits per heavy atom. The first-order valence-corrected chi connectivity index (χ1v) is 16.0. The Kier molecular flexibility index (Phi) is 5.38.